The van der Waals surface area contributed by atoms with Crippen molar-refractivity contribution in [3.63, 3.8) is 0 Å². The van der Waals surface area contributed by atoms with Crippen molar-refractivity contribution >= 4 is 0 Å². The van der Waals surface area contributed by atoms with Crippen LogP contribution in [0.25, 0.3) is 0 Å². The van der Waals surface area contributed by atoms with Gasteiger partial charge in [-0.25, -0.2) is 0 Å². The minimum atomic E-state index is 0.599. The molecule has 0 aromatic rings. The van der Waals surface area contributed by atoms with Crippen LogP contribution >= 0.6 is 0 Å². The van der Waals surface area contributed by atoms with E-state index in [4.69, 9.17) is 0 Å². The van der Waals surface area contributed by atoms with Gasteiger partial charge in [0.1, 0.15) is 0 Å². The molecule has 0 bridgehead atoms. The minimum absolute atomic E-state index is 0.599. The van der Waals surface area contributed by atoms with Gasteiger partial charge in [-0.05, 0) is 49.9 Å². The molecule has 0 saturated heterocycles. The predicted molar refractivity (Wildman–Crippen MR) is 61.4 cm³/mol. The lowest BCUT2D eigenvalue weighted by molar-refractivity contribution is 0.350. The molecule has 1 nitrogen and oxygen atoms in total. The van der Waals surface area contributed by atoms with E-state index in [1.54, 1.807) is 0 Å². The normalized spacial score (nSPS) is 41.8. The first-order valence-corrected chi connectivity index (χ1v) is 6.31. The molecule has 3 atom stereocenters. The Balaban J connectivity index is 1.76. The van der Waals surface area contributed by atoms with Crippen molar-refractivity contribution in [2.24, 2.45) is 11.3 Å². The fraction of sp³-hybridized carbons (Fsp3) is 1.00. The molecule has 14 heavy (non-hydrogen) atoms. The van der Waals surface area contributed by atoms with E-state index < -0.39 is 0 Å². The summed E-state index contributed by atoms with van der Waals surface area (Å²) in [5.74, 6) is 0.960. The van der Waals surface area contributed by atoms with Crippen LogP contribution < -0.4 is 5.32 Å². The smallest absolute Gasteiger partial charge is 0.00749 e. The van der Waals surface area contributed by atoms with Gasteiger partial charge in [0.05, 0.1) is 0 Å². The van der Waals surface area contributed by atoms with Gasteiger partial charge in [-0.15, -0.1) is 0 Å². The molecule has 2 aliphatic carbocycles. The molecule has 2 saturated carbocycles. The molecule has 0 aromatic carbocycles. The molecule has 1 N–H and O–H groups in total. The maximum Gasteiger partial charge on any atom is 0.00749 e. The third kappa shape index (κ3) is 2.50. The molecule has 0 aliphatic heterocycles. The standard InChI is InChI=1S/C13H25N/c1-10-4-5-11(8-10)14-12-6-7-13(2,3)9-12/h10-12,14H,4-9H2,1-3H3. The monoisotopic (exact) mass is 195 g/mol. The van der Waals surface area contributed by atoms with Gasteiger partial charge in [0.15, 0.2) is 0 Å². The van der Waals surface area contributed by atoms with Crippen molar-refractivity contribution in [3.05, 3.63) is 0 Å². The molecule has 0 heterocycles. The number of hydrogen-bond donors (Lipinski definition) is 1. The first-order valence-electron chi connectivity index (χ1n) is 6.31. The lowest BCUT2D eigenvalue weighted by Crippen LogP contribution is -2.35. The van der Waals surface area contributed by atoms with E-state index in [1.807, 2.05) is 0 Å². The zero-order valence-corrected chi connectivity index (χ0v) is 9.97. The maximum atomic E-state index is 3.86. The van der Waals surface area contributed by atoms with Crippen molar-refractivity contribution in [1.29, 1.82) is 0 Å². The molecule has 0 radical (unpaired) electrons. The summed E-state index contributed by atoms with van der Waals surface area (Å²) in [5.41, 5.74) is 0.599. The summed E-state index contributed by atoms with van der Waals surface area (Å²) in [7, 11) is 0. The molecular formula is C13H25N. The zero-order valence-electron chi connectivity index (χ0n) is 9.97. The van der Waals surface area contributed by atoms with Crippen molar-refractivity contribution in [2.75, 3.05) is 0 Å². The summed E-state index contributed by atoms with van der Waals surface area (Å²) in [4.78, 5) is 0. The molecule has 2 fully saturated rings. The number of rotatable bonds is 2. The lowest BCUT2D eigenvalue weighted by atomic mass is 9.92. The Labute approximate surface area is 88.7 Å². The fourth-order valence-electron chi connectivity index (χ4n) is 3.27. The Hall–Kier alpha value is -0.0400. The molecule has 82 valence electrons. The van der Waals surface area contributed by atoms with Gasteiger partial charge in [0.25, 0.3) is 0 Å². The van der Waals surface area contributed by atoms with Crippen LogP contribution in [-0.2, 0) is 0 Å². The van der Waals surface area contributed by atoms with Crippen LogP contribution in [0.5, 0.6) is 0 Å². The molecular weight excluding hydrogens is 170 g/mol. The van der Waals surface area contributed by atoms with Gasteiger partial charge in [0.2, 0.25) is 0 Å². The SMILES string of the molecule is CC1CCC(NC2CCC(C)(C)C2)C1. The highest BCUT2D eigenvalue weighted by Gasteiger charge is 2.33. The maximum absolute atomic E-state index is 3.86. The third-order valence-corrected chi connectivity index (χ3v) is 4.13. The van der Waals surface area contributed by atoms with Gasteiger partial charge in [-0.1, -0.05) is 20.8 Å². The fourth-order valence-corrected chi connectivity index (χ4v) is 3.27. The largest absolute Gasteiger partial charge is 0.311 e. The van der Waals surface area contributed by atoms with E-state index in [0.29, 0.717) is 5.41 Å². The van der Waals surface area contributed by atoms with Crippen LogP contribution in [-0.4, -0.2) is 12.1 Å². The van der Waals surface area contributed by atoms with Crippen LogP contribution in [0.1, 0.15) is 59.3 Å². The van der Waals surface area contributed by atoms with Gasteiger partial charge in [-0.3, -0.25) is 0 Å². The molecule has 2 rings (SSSR count). The molecule has 0 spiro atoms. The van der Waals surface area contributed by atoms with Crippen LogP contribution in [0.2, 0.25) is 0 Å². The second kappa shape index (κ2) is 3.84. The van der Waals surface area contributed by atoms with Crippen molar-refractivity contribution in [3.8, 4) is 0 Å². The second-order valence-electron chi connectivity index (χ2n) is 6.39. The second-order valence-corrected chi connectivity index (χ2v) is 6.39. The Morgan fingerprint density at radius 2 is 1.86 bits per heavy atom. The summed E-state index contributed by atoms with van der Waals surface area (Å²) < 4.78 is 0. The van der Waals surface area contributed by atoms with Crippen LogP contribution in [0.15, 0.2) is 0 Å². The van der Waals surface area contributed by atoms with E-state index in [0.717, 1.165) is 18.0 Å². The van der Waals surface area contributed by atoms with E-state index in [9.17, 15) is 0 Å². The van der Waals surface area contributed by atoms with Crippen LogP contribution in [0, 0.1) is 11.3 Å². The number of hydrogen-bond acceptors (Lipinski definition) is 1. The predicted octanol–water partition coefficient (Wildman–Crippen LogP) is 3.34. The van der Waals surface area contributed by atoms with Crippen molar-refractivity contribution in [2.45, 2.75) is 71.4 Å². The molecule has 0 amide bonds. The quantitative estimate of drug-likeness (QED) is 0.712. The van der Waals surface area contributed by atoms with Gasteiger partial charge in [-0.2, -0.15) is 0 Å². The van der Waals surface area contributed by atoms with Crippen molar-refractivity contribution in [1.82, 2.24) is 5.32 Å². The van der Waals surface area contributed by atoms with Crippen LogP contribution in [0.3, 0.4) is 0 Å². The lowest BCUT2D eigenvalue weighted by Gasteiger charge is -2.21. The average molecular weight is 195 g/mol. The molecule has 1 heteroatoms. The van der Waals surface area contributed by atoms with Gasteiger partial charge >= 0.3 is 0 Å². The summed E-state index contributed by atoms with van der Waals surface area (Å²) in [5, 5.41) is 3.86. The van der Waals surface area contributed by atoms with E-state index in [2.05, 4.69) is 26.1 Å². The average Bonchev–Trinajstić information content (AvgIpc) is 2.59. The van der Waals surface area contributed by atoms with E-state index >= 15 is 0 Å². The highest BCUT2D eigenvalue weighted by atomic mass is 15.0. The topological polar surface area (TPSA) is 12.0 Å². The van der Waals surface area contributed by atoms with Crippen molar-refractivity contribution < 1.29 is 0 Å². The first-order chi connectivity index (χ1) is 6.55. The number of nitrogens with one attached hydrogen (secondary N) is 1. The molecule has 2 aliphatic rings. The van der Waals surface area contributed by atoms with Gasteiger partial charge < -0.3 is 5.32 Å². The summed E-state index contributed by atoms with van der Waals surface area (Å²) in [6.45, 7) is 7.21. The Morgan fingerprint density at radius 3 is 2.36 bits per heavy atom. The van der Waals surface area contributed by atoms with E-state index in [-0.39, 0.29) is 0 Å². The third-order valence-electron chi connectivity index (χ3n) is 4.13. The Bertz CT molecular complexity index is 197. The van der Waals surface area contributed by atoms with Crippen LogP contribution in [0.4, 0.5) is 0 Å². The Morgan fingerprint density at radius 1 is 1.07 bits per heavy atom. The highest BCUT2D eigenvalue weighted by Crippen LogP contribution is 2.38. The first kappa shape index (κ1) is 10.5. The summed E-state index contributed by atoms with van der Waals surface area (Å²) >= 11 is 0. The van der Waals surface area contributed by atoms with E-state index in [1.165, 1.54) is 38.5 Å². The highest BCUT2D eigenvalue weighted by molar-refractivity contribution is 4.90. The molecule has 3 unspecified atom stereocenters. The Kier molecular flexibility index (Phi) is 2.88. The summed E-state index contributed by atoms with van der Waals surface area (Å²) in [6, 6.07) is 1.66. The van der Waals surface area contributed by atoms with Gasteiger partial charge in [0, 0.05) is 12.1 Å². The minimum Gasteiger partial charge on any atom is -0.311 e. The summed E-state index contributed by atoms with van der Waals surface area (Å²) in [6.07, 6.45) is 8.46. The molecule has 0 aromatic heterocycles. The zero-order chi connectivity index (χ0) is 10.2.